The normalized spacial score (nSPS) is 16.4. The zero-order valence-corrected chi connectivity index (χ0v) is 17.3. The summed E-state index contributed by atoms with van der Waals surface area (Å²) in [5, 5.41) is 4.87. The van der Waals surface area contributed by atoms with E-state index in [0.29, 0.717) is 41.7 Å². The smallest absolute Gasteiger partial charge is 0.236 e. The Morgan fingerprint density at radius 3 is 2.39 bits per heavy atom. The molecule has 1 heterocycles. The molecule has 0 unspecified atom stereocenters. The second-order valence-electron chi connectivity index (χ2n) is 6.55. The van der Waals surface area contributed by atoms with E-state index >= 15 is 0 Å². The highest BCUT2D eigenvalue weighted by Crippen LogP contribution is 2.27. The molecule has 0 aromatic heterocycles. The molecular formula is C20H20Cl2N2O3S. The molecule has 0 saturated carbocycles. The van der Waals surface area contributed by atoms with E-state index in [4.69, 9.17) is 23.2 Å². The van der Waals surface area contributed by atoms with Crippen molar-refractivity contribution in [1.29, 1.82) is 0 Å². The summed E-state index contributed by atoms with van der Waals surface area (Å²) >= 11 is 11.9. The minimum absolute atomic E-state index is 0.166. The molecule has 2 aromatic rings. The largest absolute Gasteiger partial charge is 0.325 e. The average Bonchev–Trinajstić information content (AvgIpc) is 2.69. The van der Waals surface area contributed by atoms with E-state index < -0.39 is 10.0 Å². The first-order chi connectivity index (χ1) is 13.3. The Bertz CT molecular complexity index is 970. The number of nitrogens with one attached hydrogen (secondary N) is 1. The summed E-state index contributed by atoms with van der Waals surface area (Å²) in [6.07, 6.45) is 2.49. The van der Waals surface area contributed by atoms with Crippen molar-refractivity contribution < 1.29 is 13.2 Å². The minimum atomic E-state index is -3.52. The van der Waals surface area contributed by atoms with Gasteiger partial charge in [-0.2, -0.15) is 4.31 Å². The van der Waals surface area contributed by atoms with Crippen LogP contribution in [0.4, 0.5) is 5.69 Å². The van der Waals surface area contributed by atoms with Crippen LogP contribution in [0.1, 0.15) is 18.4 Å². The second-order valence-corrected chi connectivity index (χ2v) is 9.21. The number of nitrogens with zero attached hydrogens (tertiary/aromatic N) is 1. The van der Waals surface area contributed by atoms with Gasteiger partial charge in [-0.15, -0.1) is 0 Å². The number of sulfonamides is 1. The van der Waals surface area contributed by atoms with Crippen LogP contribution in [0.15, 0.2) is 53.9 Å². The zero-order valence-electron chi connectivity index (χ0n) is 15.0. The third-order valence-corrected chi connectivity index (χ3v) is 6.72. The molecule has 0 atom stereocenters. The molecule has 28 heavy (non-hydrogen) atoms. The molecule has 0 radical (unpaired) electrons. The third kappa shape index (κ3) is 5.35. The summed E-state index contributed by atoms with van der Waals surface area (Å²) in [6, 6.07) is 14.1. The van der Waals surface area contributed by atoms with Gasteiger partial charge in [-0.1, -0.05) is 53.5 Å². The summed E-state index contributed by atoms with van der Waals surface area (Å²) in [6.45, 7) is 0.599. The van der Waals surface area contributed by atoms with Crippen molar-refractivity contribution in [3.63, 3.8) is 0 Å². The number of hydrogen-bond acceptors (Lipinski definition) is 3. The van der Waals surface area contributed by atoms with E-state index in [2.05, 4.69) is 5.32 Å². The molecule has 3 rings (SSSR count). The molecule has 8 heteroatoms. The molecule has 148 valence electrons. The van der Waals surface area contributed by atoms with Gasteiger partial charge in [-0.3, -0.25) is 4.79 Å². The van der Waals surface area contributed by atoms with E-state index in [1.807, 2.05) is 30.3 Å². The van der Waals surface area contributed by atoms with Crippen molar-refractivity contribution in [2.45, 2.75) is 12.8 Å². The number of benzene rings is 2. The highest BCUT2D eigenvalue weighted by molar-refractivity contribution is 7.92. The van der Waals surface area contributed by atoms with Gasteiger partial charge in [-0.25, -0.2) is 8.42 Å². The van der Waals surface area contributed by atoms with Crippen molar-refractivity contribution in [2.75, 3.05) is 18.4 Å². The highest BCUT2D eigenvalue weighted by atomic mass is 35.5. The standard InChI is InChI=1S/C20H20Cl2N2O3S/c21-17-6-7-19(18(22)14-17)23-20(25)16-8-11-24(12-9-16)28(26,27)13-10-15-4-2-1-3-5-15/h1-7,10,13-14,16H,8-9,11-12H2,(H,23,25)/b13-10+. The Morgan fingerprint density at radius 1 is 1.07 bits per heavy atom. The van der Waals surface area contributed by atoms with E-state index in [1.54, 1.807) is 24.3 Å². The van der Waals surface area contributed by atoms with Gasteiger partial charge in [0.05, 0.1) is 10.7 Å². The predicted molar refractivity (Wildman–Crippen MR) is 114 cm³/mol. The zero-order chi connectivity index (χ0) is 20.1. The van der Waals surface area contributed by atoms with E-state index in [-0.39, 0.29) is 11.8 Å². The SMILES string of the molecule is O=C(Nc1ccc(Cl)cc1Cl)C1CCN(S(=O)(=O)/C=C/c2ccccc2)CC1. The number of halogens is 2. The molecule has 1 saturated heterocycles. The molecule has 1 amide bonds. The van der Waals surface area contributed by atoms with Gasteiger partial charge in [0.2, 0.25) is 15.9 Å². The van der Waals surface area contributed by atoms with E-state index in [1.165, 1.54) is 9.71 Å². The average molecular weight is 439 g/mol. The number of rotatable bonds is 5. The van der Waals surface area contributed by atoms with Crippen molar-refractivity contribution in [2.24, 2.45) is 5.92 Å². The fraction of sp³-hybridized carbons (Fsp3) is 0.250. The van der Waals surface area contributed by atoms with Gasteiger partial charge in [0.25, 0.3) is 0 Å². The molecule has 1 aliphatic rings. The number of carbonyl (C=O) groups excluding carboxylic acids is 1. The van der Waals surface area contributed by atoms with Gasteiger partial charge in [0.1, 0.15) is 0 Å². The minimum Gasteiger partial charge on any atom is -0.325 e. The summed E-state index contributed by atoms with van der Waals surface area (Å²) in [5.41, 5.74) is 1.32. The molecule has 1 aliphatic heterocycles. The summed E-state index contributed by atoms with van der Waals surface area (Å²) in [4.78, 5) is 12.5. The maximum atomic E-state index is 12.5. The summed E-state index contributed by atoms with van der Waals surface area (Å²) < 4.78 is 26.4. The first kappa shape index (κ1) is 20.9. The molecular weight excluding hydrogens is 419 g/mol. The Kier molecular flexibility index (Phi) is 6.78. The fourth-order valence-corrected chi connectivity index (χ4v) is 4.69. The quantitative estimate of drug-likeness (QED) is 0.738. The van der Waals surface area contributed by atoms with Crippen LogP contribution in [0.3, 0.4) is 0 Å². The van der Waals surface area contributed by atoms with Gasteiger partial charge >= 0.3 is 0 Å². The van der Waals surface area contributed by atoms with Crippen molar-refractivity contribution in [3.8, 4) is 0 Å². The number of amides is 1. The molecule has 2 aromatic carbocycles. The monoisotopic (exact) mass is 438 g/mol. The van der Waals surface area contributed by atoms with Gasteiger partial charge in [0.15, 0.2) is 0 Å². The van der Waals surface area contributed by atoms with Crippen LogP contribution in [0, 0.1) is 5.92 Å². The molecule has 1 N–H and O–H groups in total. The van der Waals surface area contributed by atoms with Crippen LogP contribution in [0.5, 0.6) is 0 Å². The lowest BCUT2D eigenvalue weighted by Crippen LogP contribution is -2.40. The summed E-state index contributed by atoms with van der Waals surface area (Å²) in [7, 11) is -3.52. The predicted octanol–water partition coefficient (Wildman–Crippen LogP) is 4.64. The van der Waals surface area contributed by atoms with Gasteiger partial charge in [0, 0.05) is 29.4 Å². The number of piperidine rings is 1. The van der Waals surface area contributed by atoms with E-state index in [9.17, 15) is 13.2 Å². The Balaban J connectivity index is 1.57. The maximum Gasteiger partial charge on any atom is 0.236 e. The molecule has 0 spiro atoms. The Labute approximate surface area is 175 Å². The lowest BCUT2D eigenvalue weighted by molar-refractivity contribution is -0.120. The van der Waals surface area contributed by atoms with Crippen molar-refractivity contribution in [1.82, 2.24) is 4.31 Å². The van der Waals surface area contributed by atoms with Crippen LogP contribution in [0.2, 0.25) is 10.0 Å². The van der Waals surface area contributed by atoms with Crippen molar-refractivity contribution in [3.05, 3.63) is 69.5 Å². The first-order valence-electron chi connectivity index (χ1n) is 8.84. The van der Waals surface area contributed by atoms with Crippen LogP contribution < -0.4 is 5.32 Å². The Hall–Kier alpha value is -1.86. The molecule has 5 nitrogen and oxygen atoms in total. The fourth-order valence-electron chi connectivity index (χ4n) is 3.01. The number of anilines is 1. The van der Waals surface area contributed by atoms with Gasteiger partial charge < -0.3 is 5.32 Å². The van der Waals surface area contributed by atoms with Crippen LogP contribution in [-0.4, -0.2) is 31.7 Å². The molecule has 0 aliphatic carbocycles. The topological polar surface area (TPSA) is 66.5 Å². The maximum absolute atomic E-state index is 12.5. The number of carbonyl (C=O) groups is 1. The lowest BCUT2D eigenvalue weighted by atomic mass is 9.97. The van der Waals surface area contributed by atoms with E-state index in [0.717, 1.165) is 5.56 Å². The van der Waals surface area contributed by atoms with Crippen LogP contribution in [0.25, 0.3) is 6.08 Å². The highest BCUT2D eigenvalue weighted by Gasteiger charge is 2.30. The first-order valence-corrected chi connectivity index (χ1v) is 11.1. The molecule has 1 fully saturated rings. The second kappa shape index (κ2) is 9.09. The number of hydrogen-bond donors (Lipinski definition) is 1. The third-order valence-electron chi connectivity index (χ3n) is 4.61. The molecule has 0 bridgehead atoms. The Morgan fingerprint density at radius 2 is 1.75 bits per heavy atom. The van der Waals surface area contributed by atoms with Crippen molar-refractivity contribution >= 4 is 50.9 Å². The van der Waals surface area contributed by atoms with Gasteiger partial charge in [-0.05, 0) is 42.7 Å². The summed E-state index contributed by atoms with van der Waals surface area (Å²) in [5.74, 6) is -0.433. The van der Waals surface area contributed by atoms with Crippen LogP contribution >= 0.6 is 23.2 Å². The lowest BCUT2D eigenvalue weighted by Gasteiger charge is -2.29. The van der Waals surface area contributed by atoms with Crippen LogP contribution in [-0.2, 0) is 14.8 Å².